The van der Waals surface area contributed by atoms with Gasteiger partial charge in [0.15, 0.2) is 5.69 Å². The highest BCUT2D eigenvalue weighted by Gasteiger charge is 2.18. The van der Waals surface area contributed by atoms with Crippen molar-refractivity contribution in [3.63, 3.8) is 0 Å². The summed E-state index contributed by atoms with van der Waals surface area (Å²) in [4.78, 5) is 11.8. The summed E-state index contributed by atoms with van der Waals surface area (Å²) in [6, 6.07) is 0. The van der Waals surface area contributed by atoms with E-state index in [1.165, 1.54) is 0 Å². The van der Waals surface area contributed by atoms with Gasteiger partial charge in [-0.2, -0.15) is 5.10 Å². The molecular formula is C11H20BrClN4O. The Balaban J connectivity index is 0.00000289. The number of hydrogen-bond donors (Lipinski definition) is 3. The SMILES string of the molecule is CC(C)c1[nH]nc(C(=O)NCCCCN)c1Br.Cl. The van der Waals surface area contributed by atoms with E-state index in [9.17, 15) is 4.79 Å². The summed E-state index contributed by atoms with van der Waals surface area (Å²) < 4.78 is 0.754. The van der Waals surface area contributed by atoms with Crippen LogP contribution in [-0.4, -0.2) is 29.2 Å². The van der Waals surface area contributed by atoms with Crippen molar-refractivity contribution in [3.8, 4) is 0 Å². The van der Waals surface area contributed by atoms with Crippen molar-refractivity contribution in [2.45, 2.75) is 32.6 Å². The van der Waals surface area contributed by atoms with E-state index < -0.39 is 0 Å². The van der Waals surface area contributed by atoms with Gasteiger partial charge in [-0.25, -0.2) is 0 Å². The van der Waals surface area contributed by atoms with E-state index in [0.29, 0.717) is 24.7 Å². The monoisotopic (exact) mass is 338 g/mol. The number of halogens is 2. The van der Waals surface area contributed by atoms with Gasteiger partial charge < -0.3 is 11.1 Å². The molecule has 0 bridgehead atoms. The Morgan fingerprint density at radius 3 is 2.67 bits per heavy atom. The fraction of sp³-hybridized carbons (Fsp3) is 0.636. The van der Waals surface area contributed by atoms with Gasteiger partial charge in [-0.3, -0.25) is 9.89 Å². The van der Waals surface area contributed by atoms with Crippen molar-refractivity contribution < 1.29 is 4.79 Å². The number of nitrogens with two attached hydrogens (primary N) is 1. The van der Waals surface area contributed by atoms with Crippen molar-refractivity contribution in [2.75, 3.05) is 13.1 Å². The van der Waals surface area contributed by atoms with E-state index in [0.717, 1.165) is 23.0 Å². The van der Waals surface area contributed by atoms with Crippen LogP contribution in [0.1, 0.15) is 48.8 Å². The Labute approximate surface area is 122 Å². The van der Waals surface area contributed by atoms with Gasteiger partial charge in [0, 0.05) is 6.54 Å². The molecule has 1 heterocycles. The summed E-state index contributed by atoms with van der Waals surface area (Å²) >= 11 is 3.40. The maximum atomic E-state index is 11.8. The zero-order valence-corrected chi connectivity index (χ0v) is 13.0. The number of rotatable bonds is 6. The molecule has 0 saturated heterocycles. The number of carbonyl (C=O) groups is 1. The van der Waals surface area contributed by atoms with Crippen LogP contribution in [0.4, 0.5) is 0 Å². The molecule has 1 aromatic heterocycles. The van der Waals surface area contributed by atoms with Crippen molar-refractivity contribution >= 4 is 34.2 Å². The Hall–Kier alpha value is -0.590. The number of nitrogens with one attached hydrogen (secondary N) is 2. The topological polar surface area (TPSA) is 83.8 Å². The van der Waals surface area contributed by atoms with Gasteiger partial charge >= 0.3 is 0 Å². The number of H-pyrrole nitrogens is 1. The van der Waals surface area contributed by atoms with Crippen LogP contribution in [0.3, 0.4) is 0 Å². The largest absolute Gasteiger partial charge is 0.351 e. The highest BCUT2D eigenvalue weighted by molar-refractivity contribution is 9.10. The maximum Gasteiger partial charge on any atom is 0.272 e. The van der Waals surface area contributed by atoms with Crippen molar-refractivity contribution in [1.82, 2.24) is 15.5 Å². The van der Waals surface area contributed by atoms with E-state index >= 15 is 0 Å². The van der Waals surface area contributed by atoms with Crippen molar-refractivity contribution in [1.29, 1.82) is 0 Å². The highest BCUT2D eigenvalue weighted by atomic mass is 79.9. The lowest BCUT2D eigenvalue weighted by molar-refractivity contribution is 0.0947. The number of hydrogen-bond acceptors (Lipinski definition) is 3. The summed E-state index contributed by atoms with van der Waals surface area (Å²) in [7, 11) is 0. The van der Waals surface area contributed by atoms with Crippen molar-refractivity contribution in [3.05, 3.63) is 15.9 Å². The van der Waals surface area contributed by atoms with Gasteiger partial charge in [0.25, 0.3) is 5.91 Å². The summed E-state index contributed by atoms with van der Waals surface area (Å²) in [5.41, 5.74) is 6.74. The molecule has 0 unspecified atom stereocenters. The van der Waals surface area contributed by atoms with Crippen LogP contribution in [0.5, 0.6) is 0 Å². The zero-order valence-electron chi connectivity index (χ0n) is 10.6. The van der Waals surface area contributed by atoms with E-state index in [4.69, 9.17) is 5.73 Å². The third-order valence-corrected chi connectivity index (χ3v) is 3.24. The molecule has 0 aliphatic carbocycles. The summed E-state index contributed by atoms with van der Waals surface area (Å²) in [6.07, 6.45) is 1.81. The molecule has 104 valence electrons. The van der Waals surface area contributed by atoms with Crippen LogP contribution in [0, 0.1) is 0 Å². The predicted octanol–water partition coefficient (Wildman–Crippen LogP) is 2.19. The second-order valence-corrected chi connectivity index (χ2v) is 5.00. The second kappa shape index (κ2) is 8.50. The van der Waals surface area contributed by atoms with Gasteiger partial charge in [-0.1, -0.05) is 13.8 Å². The Bertz CT molecular complexity index is 381. The minimum Gasteiger partial charge on any atom is -0.351 e. The average molecular weight is 340 g/mol. The fourth-order valence-corrected chi connectivity index (χ4v) is 2.25. The van der Waals surface area contributed by atoms with E-state index in [2.05, 4.69) is 31.4 Å². The molecule has 0 spiro atoms. The van der Waals surface area contributed by atoms with Crippen LogP contribution in [0.25, 0.3) is 0 Å². The number of nitrogens with zero attached hydrogens (tertiary/aromatic N) is 1. The zero-order chi connectivity index (χ0) is 12.8. The minimum absolute atomic E-state index is 0. The molecule has 0 fully saturated rings. The highest BCUT2D eigenvalue weighted by Crippen LogP contribution is 2.25. The molecule has 0 radical (unpaired) electrons. The molecule has 7 heteroatoms. The first-order chi connectivity index (χ1) is 8.07. The van der Waals surface area contributed by atoms with E-state index in [1.807, 2.05) is 13.8 Å². The lowest BCUT2D eigenvalue weighted by Crippen LogP contribution is -2.25. The van der Waals surface area contributed by atoms with Gasteiger partial charge in [-0.15, -0.1) is 12.4 Å². The van der Waals surface area contributed by atoms with Crippen LogP contribution >= 0.6 is 28.3 Å². The normalized spacial score (nSPS) is 10.3. The lowest BCUT2D eigenvalue weighted by atomic mass is 10.1. The standard InChI is InChI=1S/C11H19BrN4O.ClH/c1-7(2)9-8(12)10(16-15-9)11(17)14-6-4-3-5-13;/h7H,3-6,13H2,1-2H3,(H,14,17)(H,15,16);1H. The van der Waals surface area contributed by atoms with Crippen LogP contribution in [0.2, 0.25) is 0 Å². The molecule has 0 atom stereocenters. The van der Waals surface area contributed by atoms with E-state index in [1.54, 1.807) is 0 Å². The molecule has 1 rings (SSSR count). The predicted molar refractivity (Wildman–Crippen MR) is 78.2 cm³/mol. The molecule has 0 saturated carbocycles. The molecular weight excluding hydrogens is 320 g/mol. The van der Waals surface area contributed by atoms with Crippen molar-refractivity contribution in [2.24, 2.45) is 5.73 Å². The third kappa shape index (κ3) is 4.59. The quantitative estimate of drug-likeness (QED) is 0.695. The molecule has 1 amide bonds. The molecule has 0 aliphatic rings. The number of carbonyl (C=O) groups excluding carboxylic acids is 1. The third-order valence-electron chi connectivity index (χ3n) is 2.44. The lowest BCUT2D eigenvalue weighted by Gasteiger charge is -2.03. The maximum absolute atomic E-state index is 11.8. The van der Waals surface area contributed by atoms with Gasteiger partial charge in [0.2, 0.25) is 0 Å². The Morgan fingerprint density at radius 1 is 1.50 bits per heavy atom. The molecule has 0 aromatic carbocycles. The first-order valence-corrected chi connectivity index (χ1v) is 6.59. The van der Waals surface area contributed by atoms with Gasteiger partial charge in [0.05, 0.1) is 10.2 Å². The smallest absolute Gasteiger partial charge is 0.272 e. The summed E-state index contributed by atoms with van der Waals surface area (Å²) in [5, 5.41) is 9.73. The number of aromatic nitrogens is 2. The molecule has 1 aromatic rings. The Morgan fingerprint density at radius 2 is 2.17 bits per heavy atom. The number of aromatic amines is 1. The second-order valence-electron chi connectivity index (χ2n) is 4.21. The number of amides is 1. The van der Waals surface area contributed by atoms with Gasteiger partial charge in [-0.05, 0) is 41.2 Å². The van der Waals surface area contributed by atoms with Crippen LogP contribution in [-0.2, 0) is 0 Å². The fourth-order valence-electron chi connectivity index (χ4n) is 1.43. The number of unbranched alkanes of at least 4 members (excludes halogenated alkanes) is 1. The first-order valence-electron chi connectivity index (χ1n) is 5.80. The first kappa shape index (κ1) is 17.4. The summed E-state index contributed by atoms with van der Waals surface area (Å²) in [6.45, 7) is 5.37. The van der Waals surface area contributed by atoms with E-state index in [-0.39, 0.29) is 18.3 Å². The summed E-state index contributed by atoms with van der Waals surface area (Å²) in [5.74, 6) is 0.146. The molecule has 5 nitrogen and oxygen atoms in total. The Kier molecular flexibility index (Phi) is 8.22. The van der Waals surface area contributed by atoms with Crippen LogP contribution in [0.15, 0.2) is 4.47 Å². The molecule has 0 aliphatic heterocycles. The minimum atomic E-state index is -0.156. The van der Waals surface area contributed by atoms with Crippen LogP contribution < -0.4 is 11.1 Å². The van der Waals surface area contributed by atoms with Gasteiger partial charge in [0.1, 0.15) is 0 Å². The average Bonchev–Trinajstić information content (AvgIpc) is 2.66. The molecule has 4 N–H and O–H groups in total. The molecule has 18 heavy (non-hydrogen) atoms.